The summed E-state index contributed by atoms with van der Waals surface area (Å²) in [6.07, 6.45) is 0. The van der Waals surface area contributed by atoms with Gasteiger partial charge in [0.15, 0.2) is 0 Å². The number of nitrogens with one attached hydrogen (secondary N) is 2. The first kappa shape index (κ1) is 10.2. The van der Waals surface area contributed by atoms with Gasteiger partial charge in [-0.15, -0.1) is 16.9 Å². The van der Waals surface area contributed by atoms with Crippen molar-refractivity contribution in [1.82, 2.24) is 5.65 Å². The van der Waals surface area contributed by atoms with Crippen LogP contribution in [0.4, 0.5) is 10.2 Å². The van der Waals surface area contributed by atoms with Crippen LogP contribution in [0.5, 0.6) is 0 Å². The van der Waals surface area contributed by atoms with Gasteiger partial charge in [-0.2, -0.15) is 0 Å². The van der Waals surface area contributed by atoms with Crippen molar-refractivity contribution in [2.24, 2.45) is 0 Å². The molecular weight excluding hydrogens is 167 g/mol. The smallest absolute Gasteiger partial charge is 0.0515 e. The van der Waals surface area contributed by atoms with Crippen LogP contribution in [-0.2, 0) is 0 Å². The molecule has 62 valence electrons. The highest BCUT2D eigenvalue weighted by Crippen LogP contribution is 2.07. The van der Waals surface area contributed by atoms with Crippen LogP contribution in [0.3, 0.4) is 0 Å². The minimum atomic E-state index is 0. The highest BCUT2D eigenvalue weighted by Gasteiger charge is 1.87. The van der Waals surface area contributed by atoms with Crippen molar-refractivity contribution in [1.29, 1.82) is 0 Å². The Morgan fingerprint density at radius 2 is 2.09 bits per heavy atom. The van der Waals surface area contributed by atoms with E-state index in [1.807, 2.05) is 25.1 Å². The number of hydrogen-bond acceptors (Lipinski definition) is 2. The second kappa shape index (κ2) is 4.93. The zero-order valence-corrected chi connectivity index (χ0v) is 6.91. The summed E-state index contributed by atoms with van der Waals surface area (Å²) in [5.74, 6) is 0. The Kier molecular flexibility index (Phi) is 4.57. The van der Waals surface area contributed by atoms with E-state index in [1.165, 1.54) is 5.65 Å². The molecule has 0 bridgehead atoms. The average molecular weight is 177 g/mol. The summed E-state index contributed by atoms with van der Waals surface area (Å²) in [5, 5.41) is 0. The SMILES string of the molecule is Cc1cccc(NNF)c1.Cl. The third kappa shape index (κ3) is 3.20. The summed E-state index contributed by atoms with van der Waals surface area (Å²) < 4.78 is 11.4. The molecule has 1 aromatic rings. The first-order chi connectivity index (χ1) is 4.83. The fourth-order valence-corrected chi connectivity index (χ4v) is 0.777. The lowest BCUT2D eigenvalue weighted by molar-refractivity contribution is 0.376. The lowest BCUT2D eigenvalue weighted by Gasteiger charge is -2.00. The number of hydrazine groups is 1. The number of benzene rings is 1. The van der Waals surface area contributed by atoms with Gasteiger partial charge in [-0.3, -0.25) is 5.43 Å². The van der Waals surface area contributed by atoms with Gasteiger partial charge in [-0.1, -0.05) is 17.8 Å². The number of aryl methyl sites for hydroxylation is 1. The van der Waals surface area contributed by atoms with E-state index in [4.69, 9.17) is 0 Å². The summed E-state index contributed by atoms with van der Waals surface area (Å²) in [4.78, 5) is 0. The Balaban J connectivity index is 0.000001000. The van der Waals surface area contributed by atoms with E-state index in [0.29, 0.717) is 0 Å². The van der Waals surface area contributed by atoms with Crippen LogP contribution >= 0.6 is 12.4 Å². The van der Waals surface area contributed by atoms with Gasteiger partial charge in [-0.25, -0.2) is 0 Å². The van der Waals surface area contributed by atoms with Crippen molar-refractivity contribution in [2.75, 3.05) is 5.43 Å². The van der Waals surface area contributed by atoms with E-state index < -0.39 is 0 Å². The molecule has 2 nitrogen and oxygen atoms in total. The molecule has 0 aliphatic carbocycles. The Morgan fingerprint density at radius 3 is 2.64 bits per heavy atom. The number of halogens is 2. The standard InChI is InChI=1S/C7H9FN2.ClH/c1-6-3-2-4-7(5-6)9-10-8;/h2-5,9-10H,1H3;1H. The fourth-order valence-electron chi connectivity index (χ4n) is 0.777. The van der Waals surface area contributed by atoms with Gasteiger partial charge in [0.05, 0.1) is 5.69 Å². The molecule has 0 radical (unpaired) electrons. The molecule has 0 saturated heterocycles. The lowest BCUT2D eigenvalue weighted by Crippen LogP contribution is -2.09. The van der Waals surface area contributed by atoms with Crippen molar-refractivity contribution >= 4 is 18.1 Å². The third-order valence-corrected chi connectivity index (χ3v) is 1.21. The van der Waals surface area contributed by atoms with Crippen LogP contribution in [0.1, 0.15) is 5.56 Å². The van der Waals surface area contributed by atoms with Crippen molar-refractivity contribution in [2.45, 2.75) is 6.92 Å². The van der Waals surface area contributed by atoms with Gasteiger partial charge in [0, 0.05) is 0 Å². The summed E-state index contributed by atoms with van der Waals surface area (Å²) in [7, 11) is 0. The van der Waals surface area contributed by atoms with E-state index >= 15 is 0 Å². The van der Waals surface area contributed by atoms with E-state index in [-0.39, 0.29) is 12.4 Å². The summed E-state index contributed by atoms with van der Waals surface area (Å²) >= 11 is 0. The monoisotopic (exact) mass is 176 g/mol. The van der Waals surface area contributed by atoms with Crippen LogP contribution < -0.4 is 11.1 Å². The number of anilines is 1. The van der Waals surface area contributed by atoms with Gasteiger partial charge in [-0.05, 0) is 24.6 Å². The van der Waals surface area contributed by atoms with Crippen LogP contribution in [0.2, 0.25) is 0 Å². The summed E-state index contributed by atoms with van der Waals surface area (Å²) in [6, 6.07) is 7.42. The van der Waals surface area contributed by atoms with Crippen molar-refractivity contribution in [3.05, 3.63) is 29.8 Å². The topological polar surface area (TPSA) is 24.1 Å². The molecule has 0 aliphatic rings. The van der Waals surface area contributed by atoms with E-state index in [1.54, 1.807) is 6.07 Å². The Hall–Kier alpha value is -0.800. The molecule has 0 saturated carbocycles. The Bertz CT molecular complexity index is 217. The summed E-state index contributed by atoms with van der Waals surface area (Å²) in [5.41, 5.74) is 5.51. The molecule has 11 heavy (non-hydrogen) atoms. The van der Waals surface area contributed by atoms with Gasteiger partial charge >= 0.3 is 0 Å². The molecule has 1 rings (SSSR count). The molecule has 0 heterocycles. The average Bonchev–Trinajstić information content (AvgIpc) is 1.88. The van der Waals surface area contributed by atoms with Gasteiger partial charge in [0.25, 0.3) is 0 Å². The summed E-state index contributed by atoms with van der Waals surface area (Å²) in [6.45, 7) is 1.95. The van der Waals surface area contributed by atoms with Crippen LogP contribution in [0.25, 0.3) is 0 Å². The molecule has 0 amide bonds. The van der Waals surface area contributed by atoms with E-state index in [2.05, 4.69) is 5.43 Å². The number of rotatable bonds is 2. The number of hydrogen-bond donors (Lipinski definition) is 2. The molecule has 4 heteroatoms. The normalized spacial score (nSPS) is 8.55. The molecule has 0 aliphatic heterocycles. The quantitative estimate of drug-likeness (QED) is 0.534. The minimum absolute atomic E-state index is 0. The second-order valence-corrected chi connectivity index (χ2v) is 2.09. The second-order valence-electron chi connectivity index (χ2n) is 2.09. The van der Waals surface area contributed by atoms with Crippen LogP contribution in [0, 0.1) is 6.92 Å². The fraction of sp³-hybridized carbons (Fsp3) is 0.143. The maximum Gasteiger partial charge on any atom is 0.0515 e. The molecule has 0 atom stereocenters. The molecule has 0 fully saturated rings. The zero-order valence-electron chi connectivity index (χ0n) is 6.10. The van der Waals surface area contributed by atoms with Gasteiger partial charge in [0.2, 0.25) is 0 Å². The molecular formula is C7H10ClFN2. The van der Waals surface area contributed by atoms with Crippen LogP contribution in [0.15, 0.2) is 24.3 Å². The lowest BCUT2D eigenvalue weighted by atomic mass is 10.2. The highest BCUT2D eigenvalue weighted by molar-refractivity contribution is 5.85. The third-order valence-electron chi connectivity index (χ3n) is 1.21. The zero-order chi connectivity index (χ0) is 7.40. The van der Waals surface area contributed by atoms with Crippen molar-refractivity contribution in [3.8, 4) is 0 Å². The van der Waals surface area contributed by atoms with Crippen molar-refractivity contribution in [3.63, 3.8) is 0 Å². The van der Waals surface area contributed by atoms with Crippen LogP contribution in [-0.4, -0.2) is 0 Å². The Labute approximate surface area is 71.1 Å². The maximum atomic E-state index is 11.4. The minimum Gasteiger partial charge on any atom is -0.295 e. The first-order valence-electron chi connectivity index (χ1n) is 3.01. The van der Waals surface area contributed by atoms with Crippen molar-refractivity contribution < 1.29 is 4.48 Å². The highest BCUT2D eigenvalue weighted by atomic mass is 35.5. The molecule has 0 aromatic heterocycles. The largest absolute Gasteiger partial charge is 0.295 e. The predicted molar refractivity (Wildman–Crippen MR) is 46.3 cm³/mol. The first-order valence-corrected chi connectivity index (χ1v) is 3.01. The molecule has 2 N–H and O–H groups in total. The Morgan fingerprint density at radius 1 is 1.36 bits per heavy atom. The van der Waals surface area contributed by atoms with E-state index in [0.717, 1.165) is 11.3 Å². The predicted octanol–water partition coefficient (Wildman–Crippen LogP) is 2.22. The van der Waals surface area contributed by atoms with Gasteiger partial charge < -0.3 is 0 Å². The van der Waals surface area contributed by atoms with Gasteiger partial charge in [0.1, 0.15) is 0 Å². The molecule has 0 unspecified atom stereocenters. The molecule has 0 spiro atoms. The maximum absolute atomic E-state index is 11.4. The van der Waals surface area contributed by atoms with E-state index in [9.17, 15) is 4.48 Å². The molecule has 1 aromatic carbocycles.